The molecule has 128 valence electrons. The van der Waals surface area contributed by atoms with Gasteiger partial charge in [-0.3, -0.25) is 5.32 Å². The molecule has 0 bridgehead atoms. The van der Waals surface area contributed by atoms with Crippen molar-refractivity contribution >= 4 is 6.03 Å². The van der Waals surface area contributed by atoms with E-state index in [1.165, 1.54) is 24.3 Å². The lowest BCUT2D eigenvalue weighted by Crippen LogP contribution is -2.66. The van der Waals surface area contributed by atoms with Gasteiger partial charge in [-0.05, 0) is 39.2 Å². The van der Waals surface area contributed by atoms with Gasteiger partial charge >= 0.3 is 18.1 Å². The number of benzene rings is 1. The van der Waals surface area contributed by atoms with Crippen LogP contribution in [0.1, 0.15) is 6.42 Å². The van der Waals surface area contributed by atoms with E-state index in [1.54, 1.807) is 5.32 Å². The van der Waals surface area contributed by atoms with E-state index in [-0.39, 0.29) is 18.0 Å². The van der Waals surface area contributed by atoms with Crippen LogP contribution in [-0.4, -0.2) is 50.2 Å². The van der Waals surface area contributed by atoms with Gasteiger partial charge in [0.2, 0.25) is 0 Å². The molecular formula is C14H18F3N3O3. The lowest BCUT2D eigenvalue weighted by molar-refractivity contribution is -0.317. The summed E-state index contributed by atoms with van der Waals surface area (Å²) in [6.07, 6.45) is -4.35. The molecule has 0 atom stereocenters. The Balaban J connectivity index is 2.00. The minimum Gasteiger partial charge on any atom is -0.424 e. The average molecular weight is 333 g/mol. The molecule has 0 aliphatic carbocycles. The maximum atomic E-state index is 13.3. The standard InChI is InChI=1S/C14H18F3N3O3/c1-20(2)9-5-8-18-12(21)19-14(13(15,16)17)22-10-6-3-4-7-11(10)23-14/h3-4,6-7H,5,8-9H2,1-2H3,(H2,18,19,21). The summed E-state index contributed by atoms with van der Waals surface area (Å²) in [5, 5.41) is 4.09. The van der Waals surface area contributed by atoms with Crippen LogP contribution in [0.4, 0.5) is 18.0 Å². The number of halogens is 3. The molecule has 0 aromatic heterocycles. The van der Waals surface area contributed by atoms with Crippen LogP contribution in [0.5, 0.6) is 11.5 Å². The minimum absolute atomic E-state index is 0.0854. The number of nitrogens with one attached hydrogen (secondary N) is 2. The quantitative estimate of drug-likeness (QED) is 0.808. The van der Waals surface area contributed by atoms with E-state index in [1.807, 2.05) is 19.0 Å². The van der Waals surface area contributed by atoms with Crippen LogP contribution in [0, 0.1) is 0 Å². The Bertz CT molecular complexity index is 539. The molecule has 1 aromatic carbocycles. The highest BCUT2D eigenvalue weighted by Gasteiger charge is 2.65. The lowest BCUT2D eigenvalue weighted by atomic mass is 10.3. The second kappa shape index (κ2) is 6.53. The van der Waals surface area contributed by atoms with E-state index >= 15 is 0 Å². The van der Waals surface area contributed by atoms with Crippen LogP contribution in [0.25, 0.3) is 0 Å². The van der Waals surface area contributed by atoms with Crippen molar-refractivity contribution in [2.24, 2.45) is 0 Å². The minimum atomic E-state index is -4.95. The maximum absolute atomic E-state index is 13.3. The number of ether oxygens (including phenoxy) is 2. The number of nitrogens with zero attached hydrogens (tertiary/aromatic N) is 1. The Morgan fingerprint density at radius 1 is 1.22 bits per heavy atom. The first-order chi connectivity index (χ1) is 10.7. The predicted octanol–water partition coefficient (Wildman–Crippen LogP) is 1.92. The first-order valence-corrected chi connectivity index (χ1v) is 6.98. The van der Waals surface area contributed by atoms with Gasteiger partial charge in [0, 0.05) is 6.54 Å². The number of amides is 2. The van der Waals surface area contributed by atoms with E-state index in [9.17, 15) is 18.0 Å². The molecule has 9 heteroatoms. The van der Waals surface area contributed by atoms with E-state index in [4.69, 9.17) is 9.47 Å². The monoisotopic (exact) mass is 333 g/mol. The van der Waals surface area contributed by atoms with Crippen LogP contribution in [0.15, 0.2) is 24.3 Å². The summed E-state index contributed by atoms with van der Waals surface area (Å²) in [6, 6.07) is 4.67. The molecule has 1 heterocycles. The molecule has 1 aromatic rings. The van der Waals surface area contributed by atoms with Gasteiger partial charge in [-0.2, -0.15) is 13.2 Å². The summed E-state index contributed by atoms with van der Waals surface area (Å²) in [5.41, 5.74) is 0. The van der Waals surface area contributed by atoms with Crippen LogP contribution in [0.3, 0.4) is 0 Å². The zero-order valence-electron chi connectivity index (χ0n) is 12.7. The molecule has 0 saturated heterocycles. The van der Waals surface area contributed by atoms with E-state index in [0.717, 1.165) is 0 Å². The number of carbonyl (C=O) groups excluding carboxylic acids is 1. The highest BCUT2D eigenvalue weighted by molar-refractivity contribution is 5.74. The Hall–Kier alpha value is -2.16. The normalized spacial score (nSPS) is 15.6. The number of carbonyl (C=O) groups is 1. The third-order valence-electron chi connectivity index (χ3n) is 3.08. The fourth-order valence-electron chi connectivity index (χ4n) is 1.98. The zero-order chi connectivity index (χ0) is 17.1. The van der Waals surface area contributed by atoms with Crippen LogP contribution < -0.4 is 20.1 Å². The summed E-state index contributed by atoms with van der Waals surface area (Å²) >= 11 is 0. The topological polar surface area (TPSA) is 62.8 Å². The molecule has 2 N–H and O–H groups in total. The summed E-state index contributed by atoms with van der Waals surface area (Å²) in [6.45, 7) is 0.925. The Kier molecular flexibility index (Phi) is 4.88. The van der Waals surface area contributed by atoms with Crippen molar-refractivity contribution in [3.8, 4) is 11.5 Å². The highest BCUT2D eigenvalue weighted by atomic mass is 19.4. The fourth-order valence-corrected chi connectivity index (χ4v) is 1.98. The summed E-state index contributed by atoms with van der Waals surface area (Å²) in [4.78, 5) is 13.7. The smallest absolute Gasteiger partial charge is 0.424 e. The number of hydrogen-bond donors (Lipinski definition) is 2. The van der Waals surface area contributed by atoms with E-state index in [0.29, 0.717) is 13.0 Å². The van der Waals surface area contributed by atoms with Crippen molar-refractivity contribution in [2.75, 3.05) is 27.2 Å². The highest BCUT2D eigenvalue weighted by Crippen LogP contribution is 2.44. The molecule has 2 rings (SSSR count). The molecule has 0 radical (unpaired) electrons. The predicted molar refractivity (Wildman–Crippen MR) is 76.2 cm³/mol. The van der Waals surface area contributed by atoms with Gasteiger partial charge in [0.15, 0.2) is 11.5 Å². The molecule has 0 spiro atoms. The van der Waals surface area contributed by atoms with Crippen LogP contribution >= 0.6 is 0 Å². The number of rotatable bonds is 5. The van der Waals surface area contributed by atoms with Gasteiger partial charge in [-0.25, -0.2) is 4.79 Å². The first kappa shape index (κ1) is 17.2. The third kappa shape index (κ3) is 3.98. The van der Waals surface area contributed by atoms with Gasteiger partial charge in [-0.1, -0.05) is 12.1 Å². The second-order valence-electron chi connectivity index (χ2n) is 5.30. The maximum Gasteiger partial charge on any atom is 0.492 e. The van der Waals surface area contributed by atoms with Crippen molar-refractivity contribution < 1.29 is 27.4 Å². The average Bonchev–Trinajstić information content (AvgIpc) is 2.82. The molecule has 0 fully saturated rings. The van der Waals surface area contributed by atoms with Crippen molar-refractivity contribution in [2.45, 2.75) is 18.5 Å². The number of hydrogen-bond acceptors (Lipinski definition) is 4. The van der Waals surface area contributed by atoms with Gasteiger partial charge in [0.25, 0.3) is 0 Å². The van der Waals surface area contributed by atoms with Gasteiger partial charge in [0.05, 0.1) is 0 Å². The van der Waals surface area contributed by atoms with Gasteiger partial charge < -0.3 is 19.7 Å². The van der Waals surface area contributed by atoms with E-state index < -0.39 is 18.1 Å². The second-order valence-corrected chi connectivity index (χ2v) is 5.30. The van der Waals surface area contributed by atoms with Crippen molar-refractivity contribution in [3.05, 3.63) is 24.3 Å². The molecule has 6 nitrogen and oxygen atoms in total. The Morgan fingerprint density at radius 3 is 2.26 bits per heavy atom. The summed E-state index contributed by atoms with van der Waals surface area (Å²) < 4.78 is 49.7. The van der Waals surface area contributed by atoms with Gasteiger partial charge in [-0.15, -0.1) is 0 Å². The first-order valence-electron chi connectivity index (χ1n) is 6.98. The third-order valence-corrected chi connectivity index (χ3v) is 3.08. The Morgan fingerprint density at radius 2 is 1.78 bits per heavy atom. The van der Waals surface area contributed by atoms with Gasteiger partial charge in [0.1, 0.15) is 0 Å². The lowest BCUT2D eigenvalue weighted by Gasteiger charge is -2.29. The summed E-state index contributed by atoms with van der Waals surface area (Å²) in [5.74, 6) is -3.39. The molecule has 2 amide bonds. The van der Waals surface area contributed by atoms with Crippen molar-refractivity contribution in [1.29, 1.82) is 0 Å². The largest absolute Gasteiger partial charge is 0.492 e. The molecule has 1 aliphatic rings. The molecule has 23 heavy (non-hydrogen) atoms. The van der Waals surface area contributed by atoms with Crippen molar-refractivity contribution in [3.63, 3.8) is 0 Å². The number of fused-ring (bicyclic) bond motifs is 1. The molecule has 0 unspecified atom stereocenters. The fraction of sp³-hybridized carbons (Fsp3) is 0.500. The number of urea groups is 1. The Labute approximate surface area is 131 Å². The number of alkyl halides is 3. The van der Waals surface area contributed by atoms with Crippen LogP contribution in [-0.2, 0) is 0 Å². The molecule has 1 aliphatic heterocycles. The summed E-state index contributed by atoms with van der Waals surface area (Å²) in [7, 11) is 3.71. The molecular weight excluding hydrogens is 315 g/mol. The number of para-hydroxylation sites is 2. The van der Waals surface area contributed by atoms with E-state index in [2.05, 4.69) is 5.32 Å². The SMILES string of the molecule is CN(C)CCCNC(=O)NC1(C(F)(F)F)Oc2ccccc2O1. The molecule has 0 saturated carbocycles. The van der Waals surface area contributed by atoms with Crippen molar-refractivity contribution in [1.82, 2.24) is 15.5 Å². The van der Waals surface area contributed by atoms with Crippen LogP contribution in [0.2, 0.25) is 0 Å². The zero-order valence-corrected chi connectivity index (χ0v) is 12.7.